The Bertz CT molecular complexity index is 516. The Morgan fingerprint density at radius 2 is 2.14 bits per heavy atom. The molecule has 2 atom stereocenters. The first-order chi connectivity index (χ1) is 10.1. The monoisotopic (exact) mass is 289 g/mol. The molecule has 1 aliphatic rings. The molecule has 114 valence electrons. The summed E-state index contributed by atoms with van der Waals surface area (Å²) in [5, 5.41) is 8.95. The van der Waals surface area contributed by atoms with Crippen molar-refractivity contribution in [2.75, 3.05) is 25.0 Å². The van der Waals surface area contributed by atoms with Crippen molar-refractivity contribution in [1.29, 1.82) is 0 Å². The van der Waals surface area contributed by atoms with Gasteiger partial charge in [-0.1, -0.05) is 19.9 Å². The second kappa shape index (κ2) is 7.22. The quantitative estimate of drug-likeness (QED) is 0.771. The highest BCUT2D eigenvalue weighted by Crippen LogP contribution is 2.19. The number of benzene rings is 1. The summed E-state index contributed by atoms with van der Waals surface area (Å²) in [6.07, 6.45) is 0.898. The molecule has 0 saturated carbocycles. The first-order valence-electron chi connectivity index (χ1n) is 7.51. The summed E-state index contributed by atoms with van der Waals surface area (Å²) in [5.74, 6) is 0.228. The van der Waals surface area contributed by atoms with Gasteiger partial charge in [0, 0.05) is 24.3 Å². The van der Waals surface area contributed by atoms with Crippen LogP contribution in [0.2, 0.25) is 0 Å². The standard InChI is InChI=1S/C16H23N3O2/c1-3-7-18-15(20)12-5-4-6-13(8-12)19-16(21)14-10-17-9-11(14)2/h4-6,8,11,14,17H,3,7,9-10H2,1-2H3,(H,18,20)(H,19,21)/t11-,14-/m1/s1. The molecule has 1 aliphatic heterocycles. The lowest BCUT2D eigenvalue weighted by atomic mass is 9.97. The van der Waals surface area contributed by atoms with Crippen molar-refractivity contribution >= 4 is 17.5 Å². The highest BCUT2D eigenvalue weighted by atomic mass is 16.2. The van der Waals surface area contributed by atoms with Gasteiger partial charge >= 0.3 is 0 Å². The van der Waals surface area contributed by atoms with E-state index in [0.717, 1.165) is 13.0 Å². The van der Waals surface area contributed by atoms with E-state index in [1.165, 1.54) is 0 Å². The van der Waals surface area contributed by atoms with Gasteiger partial charge in [-0.25, -0.2) is 0 Å². The normalized spacial score (nSPS) is 21.0. The fourth-order valence-electron chi connectivity index (χ4n) is 2.47. The Morgan fingerprint density at radius 3 is 2.81 bits per heavy atom. The molecule has 5 nitrogen and oxygen atoms in total. The summed E-state index contributed by atoms with van der Waals surface area (Å²) < 4.78 is 0. The molecule has 1 saturated heterocycles. The molecule has 0 bridgehead atoms. The molecular weight excluding hydrogens is 266 g/mol. The van der Waals surface area contributed by atoms with E-state index >= 15 is 0 Å². The summed E-state index contributed by atoms with van der Waals surface area (Å²) in [4.78, 5) is 24.1. The van der Waals surface area contributed by atoms with Crippen LogP contribution in [0.1, 0.15) is 30.6 Å². The zero-order valence-electron chi connectivity index (χ0n) is 12.6. The molecule has 0 spiro atoms. The zero-order chi connectivity index (χ0) is 15.2. The molecule has 1 aromatic rings. The average Bonchev–Trinajstić information content (AvgIpc) is 2.91. The number of amides is 2. The van der Waals surface area contributed by atoms with Crippen LogP contribution >= 0.6 is 0 Å². The summed E-state index contributed by atoms with van der Waals surface area (Å²) in [6.45, 7) is 6.31. The number of rotatable bonds is 5. The van der Waals surface area contributed by atoms with Crippen LogP contribution in [0.5, 0.6) is 0 Å². The Hall–Kier alpha value is -1.88. The summed E-state index contributed by atoms with van der Waals surface area (Å²) in [7, 11) is 0. The number of nitrogens with one attached hydrogen (secondary N) is 3. The Kier molecular flexibility index (Phi) is 5.33. The lowest BCUT2D eigenvalue weighted by Crippen LogP contribution is -2.28. The van der Waals surface area contributed by atoms with Crippen molar-refractivity contribution in [1.82, 2.24) is 10.6 Å². The van der Waals surface area contributed by atoms with E-state index in [-0.39, 0.29) is 17.7 Å². The largest absolute Gasteiger partial charge is 0.352 e. The van der Waals surface area contributed by atoms with Gasteiger partial charge in [-0.2, -0.15) is 0 Å². The van der Waals surface area contributed by atoms with E-state index < -0.39 is 0 Å². The van der Waals surface area contributed by atoms with Crippen LogP contribution in [-0.2, 0) is 4.79 Å². The molecule has 0 radical (unpaired) electrons. The van der Waals surface area contributed by atoms with Gasteiger partial charge in [-0.05, 0) is 37.1 Å². The number of carbonyl (C=O) groups excluding carboxylic acids is 2. The second-order valence-electron chi connectivity index (χ2n) is 5.57. The van der Waals surface area contributed by atoms with E-state index in [4.69, 9.17) is 0 Å². The van der Waals surface area contributed by atoms with Crippen molar-refractivity contribution in [2.24, 2.45) is 11.8 Å². The first-order valence-corrected chi connectivity index (χ1v) is 7.51. The van der Waals surface area contributed by atoms with Crippen LogP contribution in [0.15, 0.2) is 24.3 Å². The zero-order valence-corrected chi connectivity index (χ0v) is 12.6. The van der Waals surface area contributed by atoms with Gasteiger partial charge in [-0.15, -0.1) is 0 Å². The topological polar surface area (TPSA) is 70.2 Å². The molecule has 1 fully saturated rings. The third kappa shape index (κ3) is 4.04. The third-order valence-corrected chi connectivity index (χ3v) is 3.78. The van der Waals surface area contributed by atoms with Crippen molar-refractivity contribution in [3.05, 3.63) is 29.8 Å². The van der Waals surface area contributed by atoms with E-state index in [1.807, 2.05) is 13.0 Å². The number of hydrogen-bond acceptors (Lipinski definition) is 3. The summed E-state index contributed by atoms with van der Waals surface area (Å²) in [5.41, 5.74) is 1.24. The third-order valence-electron chi connectivity index (χ3n) is 3.78. The van der Waals surface area contributed by atoms with Crippen molar-refractivity contribution in [2.45, 2.75) is 20.3 Å². The molecular formula is C16H23N3O2. The lowest BCUT2D eigenvalue weighted by Gasteiger charge is -2.14. The SMILES string of the molecule is CCCNC(=O)c1cccc(NC(=O)[C@@H]2CNC[C@H]2C)c1. The minimum absolute atomic E-state index is 0.0115. The maximum absolute atomic E-state index is 12.2. The van der Waals surface area contributed by atoms with Gasteiger partial charge in [-0.3, -0.25) is 9.59 Å². The van der Waals surface area contributed by atoms with E-state index in [1.54, 1.807) is 18.2 Å². The van der Waals surface area contributed by atoms with E-state index in [9.17, 15) is 9.59 Å². The van der Waals surface area contributed by atoms with Gasteiger partial charge in [0.25, 0.3) is 5.91 Å². The van der Waals surface area contributed by atoms with Gasteiger partial charge < -0.3 is 16.0 Å². The fourth-order valence-corrected chi connectivity index (χ4v) is 2.47. The van der Waals surface area contributed by atoms with Gasteiger partial charge in [0.15, 0.2) is 0 Å². The van der Waals surface area contributed by atoms with Gasteiger partial charge in [0.2, 0.25) is 5.91 Å². The van der Waals surface area contributed by atoms with Crippen LogP contribution in [-0.4, -0.2) is 31.4 Å². The highest BCUT2D eigenvalue weighted by Gasteiger charge is 2.29. The smallest absolute Gasteiger partial charge is 0.251 e. The van der Waals surface area contributed by atoms with Crippen molar-refractivity contribution < 1.29 is 9.59 Å². The molecule has 2 rings (SSSR count). The number of hydrogen-bond donors (Lipinski definition) is 3. The predicted molar refractivity (Wildman–Crippen MR) is 83.2 cm³/mol. The number of carbonyl (C=O) groups is 2. The van der Waals surface area contributed by atoms with Crippen molar-refractivity contribution in [3.63, 3.8) is 0 Å². The molecule has 0 aromatic heterocycles. The minimum Gasteiger partial charge on any atom is -0.352 e. The van der Waals surface area contributed by atoms with Crippen LogP contribution in [0, 0.1) is 11.8 Å². The number of anilines is 1. The predicted octanol–water partition coefficient (Wildman–Crippen LogP) is 1.62. The highest BCUT2D eigenvalue weighted by molar-refractivity contribution is 5.97. The molecule has 0 aliphatic carbocycles. The average molecular weight is 289 g/mol. The summed E-state index contributed by atoms with van der Waals surface area (Å²) >= 11 is 0. The molecule has 3 N–H and O–H groups in total. The van der Waals surface area contributed by atoms with Crippen molar-refractivity contribution in [3.8, 4) is 0 Å². The molecule has 2 amide bonds. The molecule has 1 heterocycles. The maximum Gasteiger partial charge on any atom is 0.251 e. The second-order valence-corrected chi connectivity index (χ2v) is 5.57. The lowest BCUT2D eigenvalue weighted by molar-refractivity contribution is -0.120. The van der Waals surface area contributed by atoms with Crippen LogP contribution in [0.4, 0.5) is 5.69 Å². The summed E-state index contributed by atoms with van der Waals surface area (Å²) in [6, 6.07) is 7.06. The van der Waals surface area contributed by atoms with Crippen LogP contribution in [0.3, 0.4) is 0 Å². The van der Waals surface area contributed by atoms with E-state index in [2.05, 4.69) is 22.9 Å². The van der Waals surface area contributed by atoms with E-state index in [0.29, 0.717) is 30.3 Å². The Labute approximate surface area is 125 Å². The maximum atomic E-state index is 12.2. The molecule has 1 aromatic carbocycles. The fraction of sp³-hybridized carbons (Fsp3) is 0.500. The Morgan fingerprint density at radius 1 is 1.33 bits per heavy atom. The van der Waals surface area contributed by atoms with Gasteiger partial charge in [0.05, 0.1) is 5.92 Å². The minimum atomic E-state index is -0.108. The first kappa shape index (κ1) is 15.5. The molecule has 0 unspecified atom stereocenters. The molecule has 5 heteroatoms. The van der Waals surface area contributed by atoms with Crippen LogP contribution < -0.4 is 16.0 Å². The molecule has 21 heavy (non-hydrogen) atoms. The van der Waals surface area contributed by atoms with Crippen LogP contribution in [0.25, 0.3) is 0 Å². The Balaban J connectivity index is 2.00. The van der Waals surface area contributed by atoms with Gasteiger partial charge in [0.1, 0.15) is 0 Å².